The summed E-state index contributed by atoms with van der Waals surface area (Å²) in [5.74, 6) is 0.339. The molecule has 0 spiro atoms. The molecule has 0 bridgehead atoms. The van der Waals surface area contributed by atoms with Crippen molar-refractivity contribution >= 4 is 39.1 Å². The van der Waals surface area contributed by atoms with Crippen LogP contribution in [0.3, 0.4) is 0 Å². The average molecular weight is 522 g/mol. The molecule has 2 N–H and O–H groups in total. The molecule has 1 aliphatic heterocycles. The van der Waals surface area contributed by atoms with Gasteiger partial charge in [0, 0.05) is 29.3 Å². The lowest BCUT2D eigenvalue weighted by Crippen LogP contribution is -2.29. The first-order valence-corrected chi connectivity index (χ1v) is 13.6. The molecule has 11 heteroatoms. The Balaban J connectivity index is 1.53. The fourth-order valence-electron chi connectivity index (χ4n) is 3.51. The fourth-order valence-corrected chi connectivity index (χ4v) is 5.81. The van der Waals surface area contributed by atoms with Gasteiger partial charge < -0.3 is 24.7 Å². The van der Waals surface area contributed by atoms with Crippen molar-refractivity contribution in [1.29, 1.82) is 0 Å². The number of amides is 1. The smallest absolute Gasteiger partial charge is 0.351 e. The van der Waals surface area contributed by atoms with E-state index in [2.05, 4.69) is 24.1 Å². The van der Waals surface area contributed by atoms with Crippen LogP contribution in [0.2, 0.25) is 0 Å². The van der Waals surface area contributed by atoms with E-state index in [1.54, 1.807) is 52.8 Å². The van der Waals surface area contributed by atoms with Crippen LogP contribution in [-0.2, 0) is 14.3 Å². The molecule has 1 fully saturated rings. The lowest BCUT2D eigenvalue weighted by Gasteiger charge is -2.23. The second-order valence-corrected chi connectivity index (χ2v) is 11.8. The normalized spacial score (nSPS) is 20.1. The molecule has 0 saturated carbocycles. The number of aliphatic hydroxyl groups is 1. The van der Waals surface area contributed by atoms with E-state index >= 15 is 0 Å². The highest BCUT2D eigenvalue weighted by molar-refractivity contribution is 8.77. The summed E-state index contributed by atoms with van der Waals surface area (Å²) in [4.78, 5) is 40.1. The van der Waals surface area contributed by atoms with Crippen LogP contribution < -0.4 is 11.0 Å². The molecule has 1 aromatic heterocycles. The van der Waals surface area contributed by atoms with Crippen molar-refractivity contribution in [3.05, 3.63) is 58.6 Å². The molecule has 2 aromatic rings. The van der Waals surface area contributed by atoms with Gasteiger partial charge in [0.2, 0.25) is 0 Å². The van der Waals surface area contributed by atoms with Gasteiger partial charge >= 0.3 is 5.69 Å². The van der Waals surface area contributed by atoms with E-state index in [1.807, 2.05) is 6.07 Å². The Hall–Kier alpha value is -2.18. The van der Waals surface area contributed by atoms with Crippen molar-refractivity contribution in [2.45, 2.75) is 63.2 Å². The number of hydrogen-bond acceptors (Lipinski definition) is 9. The molecule has 190 valence electrons. The molecule has 1 unspecified atom stereocenters. The summed E-state index contributed by atoms with van der Waals surface area (Å²) in [7, 11) is 3.20. The first-order valence-electron chi connectivity index (χ1n) is 11.3. The average Bonchev–Trinajstić information content (AvgIpc) is 3.24. The predicted molar refractivity (Wildman–Crippen MR) is 137 cm³/mol. The van der Waals surface area contributed by atoms with Crippen molar-refractivity contribution in [1.82, 2.24) is 9.55 Å². The Labute approximate surface area is 212 Å². The number of anilines is 1. The molecule has 2 heterocycles. The van der Waals surface area contributed by atoms with Crippen LogP contribution in [0.4, 0.5) is 5.82 Å². The van der Waals surface area contributed by atoms with Gasteiger partial charge in [-0.1, -0.05) is 39.8 Å². The molecule has 3 atom stereocenters. The highest BCUT2D eigenvalue weighted by atomic mass is 33.1. The van der Waals surface area contributed by atoms with Gasteiger partial charge in [0.05, 0.1) is 12.7 Å². The van der Waals surface area contributed by atoms with Gasteiger partial charge in [-0.2, -0.15) is 4.98 Å². The Morgan fingerprint density at radius 2 is 2.03 bits per heavy atom. The van der Waals surface area contributed by atoms with Crippen LogP contribution in [0.25, 0.3) is 0 Å². The van der Waals surface area contributed by atoms with Crippen LogP contribution in [0.15, 0.2) is 47.4 Å². The predicted octanol–water partition coefficient (Wildman–Crippen LogP) is 3.65. The lowest BCUT2D eigenvalue weighted by atomic mass is 10.1. The topological polar surface area (TPSA) is 120 Å². The van der Waals surface area contributed by atoms with Gasteiger partial charge in [-0.25, -0.2) is 4.79 Å². The molecule has 35 heavy (non-hydrogen) atoms. The standard InChI is InChI=1S/C24H31N3O6S2/c1-16(29)9-11-24(2,3)35-34-15-32-18-13-21(33-19(18)14-28)27-12-10-20(26-23(27)31)25-22(30)17-7-5-4-6-8-17/h4-8,10,12,18-19,21,28H,9,11,13-15H2,1-3H3,(H,25,26,30,31)/t18?,19-,21-/m1/s1. The van der Waals surface area contributed by atoms with Crippen molar-refractivity contribution in [2.75, 3.05) is 17.9 Å². The molecule has 0 radical (unpaired) electrons. The first-order chi connectivity index (χ1) is 16.7. The summed E-state index contributed by atoms with van der Waals surface area (Å²) >= 11 is 0. The van der Waals surface area contributed by atoms with Gasteiger partial charge in [0.1, 0.15) is 29.9 Å². The molecule has 1 amide bonds. The maximum Gasteiger partial charge on any atom is 0.351 e. The van der Waals surface area contributed by atoms with Crippen molar-refractivity contribution in [3.8, 4) is 0 Å². The van der Waals surface area contributed by atoms with Crippen molar-refractivity contribution in [2.24, 2.45) is 0 Å². The summed E-state index contributed by atoms with van der Waals surface area (Å²) in [6, 6.07) is 10.2. The third-order valence-corrected chi connectivity index (χ3v) is 8.47. The van der Waals surface area contributed by atoms with E-state index in [0.29, 0.717) is 24.3 Å². The summed E-state index contributed by atoms with van der Waals surface area (Å²) in [6.45, 7) is 5.53. The van der Waals surface area contributed by atoms with Crippen LogP contribution in [0, 0.1) is 0 Å². The summed E-state index contributed by atoms with van der Waals surface area (Å²) in [6.07, 6.45) is 1.63. The van der Waals surface area contributed by atoms with E-state index in [9.17, 15) is 19.5 Å². The number of aromatic nitrogens is 2. The minimum Gasteiger partial charge on any atom is -0.394 e. The number of ether oxygens (including phenoxy) is 2. The molecule has 1 aromatic carbocycles. The highest BCUT2D eigenvalue weighted by Gasteiger charge is 2.37. The van der Waals surface area contributed by atoms with Gasteiger partial charge in [-0.3, -0.25) is 9.36 Å². The van der Waals surface area contributed by atoms with Crippen LogP contribution in [0.1, 0.15) is 56.6 Å². The van der Waals surface area contributed by atoms with Crippen LogP contribution >= 0.6 is 21.6 Å². The third-order valence-electron chi connectivity index (χ3n) is 5.47. The maximum absolute atomic E-state index is 12.6. The number of Topliss-reactive ketones (excluding diaryl/α,β-unsaturated/α-hetero) is 1. The largest absolute Gasteiger partial charge is 0.394 e. The van der Waals surface area contributed by atoms with E-state index in [4.69, 9.17) is 9.47 Å². The number of carbonyl (C=O) groups excluding carboxylic acids is 2. The van der Waals surface area contributed by atoms with Crippen LogP contribution in [0.5, 0.6) is 0 Å². The highest BCUT2D eigenvalue weighted by Crippen LogP contribution is 2.40. The number of ketones is 1. The SMILES string of the molecule is CC(=O)CCC(C)(C)SSCOC1C[C@H](n2ccc(NC(=O)c3ccccc3)nc2=O)O[C@@H]1CO. The first kappa shape index (κ1) is 27.4. The second-order valence-electron chi connectivity index (χ2n) is 8.86. The number of carbonyl (C=O) groups is 2. The second kappa shape index (κ2) is 12.7. The van der Waals surface area contributed by atoms with Crippen molar-refractivity contribution in [3.63, 3.8) is 0 Å². The maximum atomic E-state index is 12.6. The summed E-state index contributed by atoms with van der Waals surface area (Å²) in [5, 5.41) is 12.3. The zero-order chi connectivity index (χ0) is 25.4. The van der Waals surface area contributed by atoms with E-state index < -0.39 is 18.0 Å². The minimum absolute atomic E-state index is 0.0680. The van der Waals surface area contributed by atoms with Gasteiger partial charge in [-0.15, -0.1) is 0 Å². The van der Waals surface area contributed by atoms with E-state index in [1.165, 1.54) is 16.8 Å². The summed E-state index contributed by atoms with van der Waals surface area (Å²) < 4.78 is 13.1. The van der Waals surface area contributed by atoms with Gasteiger partial charge in [0.25, 0.3) is 5.91 Å². The minimum atomic E-state index is -0.638. The Kier molecular flexibility index (Phi) is 9.93. The lowest BCUT2D eigenvalue weighted by molar-refractivity contribution is -0.117. The van der Waals surface area contributed by atoms with Gasteiger partial charge in [0.15, 0.2) is 0 Å². The zero-order valence-corrected chi connectivity index (χ0v) is 21.6. The third kappa shape index (κ3) is 8.18. The van der Waals surface area contributed by atoms with E-state index in [0.717, 1.165) is 6.42 Å². The summed E-state index contributed by atoms with van der Waals surface area (Å²) in [5.41, 5.74) is -0.114. The molecular formula is C24H31N3O6S2. The monoisotopic (exact) mass is 521 g/mol. The Morgan fingerprint density at radius 3 is 2.69 bits per heavy atom. The molecule has 1 aliphatic rings. The van der Waals surface area contributed by atoms with E-state index in [-0.39, 0.29) is 35.0 Å². The molecular weight excluding hydrogens is 490 g/mol. The number of nitrogens with zero attached hydrogens (tertiary/aromatic N) is 2. The van der Waals surface area contributed by atoms with Crippen LogP contribution in [-0.4, -0.2) is 55.8 Å². The Morgan fingerprint density at radius 1 is 1.29 bits per heavy atom. The number of hydrogen-bond donors (Lipinski definition) is 2. The number of benzene rings is 1. The number of aliphatic hydroxyl groups excluding tert-OH is 1. The molecule has 3 rings (SSSR count). The number of rotatable bonds is 12. The number of nitrogens with one attached hydrogen (secondary N) is 1. The molecule has 9 nitrogen and oxygen atoms in total. The Bertz CT molecular complexity index is 1060. The van der Waals surface area contributed by atoms with Crippen molar-refractivity contribution < 1.29 is 24.2 Å². The molecule has 1 saturated heterocycles. The van der Waals surface area contributed by atoms with Gasteiger partial charge in [-0.05, 0) is 45.4 Å². The molecule has 0 aliphatic carbocycles. The zero-order valence-electron chi connectivity index (χ0n) is 20.0. The quantitative estimate of drug-likeness (QED) is 0.245. The fraction of sp³-hybridized carbons (Fsp3) is 0.500.